The van der Waals surface area contributed by atoms with Gasteiger partial charge in [-0.25, -0.2) is 0 Å². The highest BCUT2D eigenvalue weighted by Gasteiger charge is 2.35. The first kappa shape index (κ1) is 10.8. The lowest BCUT2D eigenvalue weighted by atomic mass is 9.64. The van der Waals surface area contributed by atoms with E-state index in [0.717, 1.165) is 11.8 Å². The summed E-state index contributed by atoms with van der Waals surface area (Å²) < 4.78 is 0. The highest BCUT2D eigenvalue weighted by Crippen LogP contribution is 2.45. The smallest absolute Gasteiger partial charge is 0.0217 e. The van der Waals surface area contributed by atoms with E-state index in [1.165, 1.54) is 25.7 Å². The molecule has 1 aliphatic rings. The second kappa shape index (κ2) is 4.30. The lowest BCUT2D eigenvalue weighted by molar-refractivity contribution is 0.101. The molecule has 0 bridgehead atoms. The van der Waals surface area contributed by atoms with Crippen molar-refractivity contribution in [2.24, 2.45) is 17.3 Å². The van der Waals surface area contributed by atoms with Crippen LogP contribution in [0.15, 0.2) is 12.2 Å². The molecule has 0 heterocycles. The normalized spacial score (nSPS) is 22.3. The topological polar surface area (TPSA) is 0 Å². The summed E-state index contributed by atoms with van der Waals surface area (Å²) in [6.45, 7) is 9.55. The van der Waals surface area contributed by atoms with E-state index in [9.17, 15) is 0 Å². The van der Waals surface area contributed by atoms with Gasteiger partial charge in [0, 0.05) is 0 Å². The zero-order valence-electron chi connectivity index (χ0n) is 9.64. The summed E-state index contributed by atoms with van der Waals surface area (Å²) in [5, 5.41) is 0. The van der Waals surface area contributed by atoms with Gasteiger partial charge in [0.1, 0.15) is 0 Å². The van der Waals surface area contributed by atoms with Crippen molar-refractivity contribution in [2.45, 2.75) is 53.4 Å². The molecule has 0 saturated carbocycles. The van der Waals surface area contributed by atoms with Crippen molar-refractivity contribution in [3.63, 3.8) is 0 Å². The van der Waals surface area contributed by atoms with Gasteiger partial charge in [-0.15, -0.1) is 0 Å². The first-order chi connectivity index (χ1) is 6.09. The molecule has 0 unspecified atom stereocenters. The summed E-state index contributed by atoms with van der Waals surface area (Å²) in [5.74, 6) is 1.63. The summed E-state index contributed by atoms with van der Waals surface area (Å²) in [7, 11) is 0. The van der Waals surface area contributed by atoms with Crippen molar-refractivity contribution in [3.8, 4) is 0 Å². The number of hydrogen-bond donors (Lipinski definition) is 0. The van der Waals surface area contributed by atoms with E-state index in [2.05, 4.69) is 39.8 Å². The fourth-order valence-electron chi connectivity index (χ4n) is 2.79. The predicted molar refractivity (Wildman–Crippen MR) is 59.7 cm³/mol. The maximum absolute atomic E-state index is 2.41. The molecule has 0 aromatic heterocycles. The second-order valence-electron chi connectivity index (χ2n) is 5.11. The number of rotatable bonds is 2. The van der Waals surface area contributed by atoms with Crippen LogP contribution in [-0.4, -0.2) is 0 Å². The van der Waals surface area contributed by atoms with Gasteiger partial charge >= 0.3 is 0 Å². The standard InChI is InChI=1S/C13H24/c1-11(2)13(12(3)4)9-7-5-6-8-10-13/h5,7,11-12H,6,8-10H2,1-4H3. The van der Waals surface area contributed by atoms with E-state index in [0.29, 0.717) is 5.41 Å². The quantitative estimate of drug-likeness (QED) is 0.552. The third-order valence-corrected chi connectivity index (χ3v) is 3.98. The van der Waals surface area contributed by atoms with Crippen molar-refractivity contribution >= 4 is 0 Å². The lowest BCUT2D eigenvalue weighted by Crippen LogP contribution is -2.32. The van der Waals surface area contributed by atoms with Gasteiger partial charge in [-0.2, -0.15) is 0 Å². The van der Waals surface area contributed by atoms with Crippen LogP contribution in [-0.2, 0) is 0 Å². The van der Waals surface area contributed by atoms with Gasteiger partial charge in [-0.05, 0) is 42.9 Å². The fourth-order valence-corrected chi connectivity index (χ4v) is 2.79. The molecule has 76 valence electrons. The van der Waals surface area contributed by atoms with Gasteiger partial charge in [0.2, 0.25) is 0 Å². The predicted octanol–water partition coefficient (Wildman–Crippen LogP) is 4.42. The minimum Gasteiger partial charge on any atom is -0.0885 e. The molecule has 0 radical (unpaired) electrons. The molecular formula is C13H24. The van der Waals surface area contributed by atoms with Crippen LogP contribution in [0, 0.1) is 17.3 Å². The summed E-state index contributed by atoms with van der Waals surface area (Å²) >= 11 is 0. The summed E-state index contributed by atoms with van der Waals surface area (Å²) in [5.41, 5.74) is 0.576. The van der Waals surface area contributed by atoms with Crippen molar-refractivity contribution in [1.82, 2.24) is 0 Å². The van der Waals surface area contributed by atoms with Crippen LogP contribution in [0.25, 0.3) is 0 Å². The number of hydrogen-bond acceptors (Lipinski definition) is 0. The SMILES string of the molecule is CC(C)C1(C(C)C)CC=CCCC1. The third-order valence-electron chi connectivity index (χ3n) is 3.98. The Balaban J connectivity index is 2.81. The van der Waals surface area contributed by atoms with Crippen LogP contribution >= 0.6 is 0 Å². The van der Waals surface area contributed by atoms with Crippen molar-refractivity contribution < 1.29 is 0 Å². The van der Waals surface area contributed by atoms with Crippen molar-refractivity contribution in [2.75, 3.05) is 0 Å². The second-order valence-corrected chi connectivity index (χ2v) is 5.11. The molecule has 0 spiro atoms. The molecule has 13 heavy (non-hydrogen) atoms. The highest BCUT2D eigenvalue weighted by molar-refractivity contribution is 4.97. The van der Waals surface area contributed by atoms with Gasteiger partial charge in [-0.3, -0.25) is 0 Å². The highest BCUT2D eigenvalue weighted by atomic mass is 14.4. The largest absolute Gasteiger partial charge is 0.0885 e. The van der Waals surface area contributed by atoms with Crippen molar-refractivity contribution in [3.05, 3.63) is 12.2 Å². The molecule has 0 aliphatic heterocycles. The van der Waals surface area contributed by atoms with E-state index in [1.807, 2.05) is 0 Å². The summed E-state index contributed by atoms with van der Waals surface area (Å²) in [6, 6.07) is 0. The van der Waals surface area contributed by atoms with Gasteiger partial charge in [-0.1, -0.05) is 39.8 Å². The molecular weight excluding hydrogens is 156 g/mol. The van der Waals surface area contributed by atoms with E-state index in [1.54, 1.807) is 0 Å². The summed E-state index contributed by atoms with van der Waals surface area (Å²) in [6.07, 6.45) is 10.2. The Morgan fingerprint density at radius 1 is 1.00 bits per heavy atom. The van der Waals surface area contributed by atoms with Crippen molar-refractivity contribution in [1.29, 1.82) is 0 Å². The molecule has 1 aliphatic carbocycles. The van der Waals surface area contributed by atoms with Crippen LogP contribution in [0.2, 0.25) is 0 Å². The minimum absolute atomic E-state index is 0.576. The van der Waals surface area contributed by atoms with Crippen LogP contribution in [0.1, 0.15) is 53.4 Å². The molecule has 0 heteroatoms. The lowest BCUT2D eigenvalue weighted by Gasteiger charge is -2.40. The Kier molecular flexibility index (Phi) is 3.58. The minimum atomic E-state index is 0.576. The van der Waals surface area contributed by atoms with Crippen LogP contribution in [0.4, 0.5) is 0 Å². The molecule has 0 N–H and O–H groups in total. The molecule has 0 fully saturated rings. The van der Waals surface area contributed by atoms with Gasteiger partial charge in [0.25, 0.3) is 0 Å². The Labute approximate surface area is 83.4 Å². The first-order valence-electron chi connectivity index (χ1n) is 5.74. The van der Waals surface area contributed by atoms with E-state index < -0.39 is 0 Å². The van der Waals surface area contributed by atoms with E-state index in [4.69, 9.17) is 0 Å². The zero-order valence-corrected chi connectivity index (χ0v) is 9.64. The molecule has 0 aromatic carbocycles. The van der Waals surface area contributed by atoms with E-state index >= 15 is 0 Å². The molecule has 0 atom stereocenters. The summed E-state index contributed by atoms with van der Waals surface area (Å²) in [4.78, 5) is 0. The molecule has 0 aromatic rings. The third kappa shape index (κ3) is 2.15. The van der Waals surface area contributed by atoms with Gasteiger partial charge < -0.3 is 0 Å². The fraction of sp³-hybridized carbons (Fsp3) is 0.846. The molecule has 0 nitrogen and oxygen atoms in total. The van der Waals surface area contributed by atoms with Gasteiger partial charge in [0.15, 0.2) is 0 Å². The first-order valence-corrected chi connectivity index (χ1v) is 5.74. The molecule has 0 saturated heterocycles. The number of allylic oxidation sites excluding steroid dienone is 2. The van der Waals surface area contributed by atoms with Crippen LogP contribution < -0.4 is 0 Å². The van der Waals surface area contributed by atoms with Crippen LogP contribution in [0.3, 0.4) is 0 Å². The van der Waals surface area contributed by atoms with Crippen LogP contribution in [0.5, 0.6) is 0 Å². The Bertz CT molecular complexity index is 166. The van der Waals surface area contributed by atoms with Gasteiger partial charge in [0.05, 0.1) is 0 Å². The zero-order chi connectivity index (χ0) is 9.90. The average molecular weight is 180 g/mol. The average Bonchev–Trinajstić information content (AvgIpc) is 2.28. The Morgan fingerprint density at radius 2 is 1.62 bits per heavy atom. The Hall–Kier alpha value is -0.260. The maximum Gasteiger partial charge on any atom is -0.0217 e. The Morgan fingerprint density at radius 3 is 2.15 bits per heavy atom. The monoisotopic (exact) mass is 180 g/mol. The maximum atomic E-state index is 2.41. The van der Waals surface area contributed by atoms with E-state index in [-0.39, 0.29) is 0 Å². The molecule has 0 amide bonds. The molecule has 1 rings (SSSR count).